The number of nitrogens with one attached hydrogen (secondary N) is 1. The lowest BCUT2D eigenvalue weighted by atomic mass is 10.3. The van der Waals surface area contributed by atoms with Gasteiger partial charge in [-0.2, -0.15) is 4.31 Å². The van der Waals surface area contributed by atoms with Gasteiger partial charge in [-0.3, -0.25) is 9.36 Å². The smallest absolute Gasteiger partial charge is 0.408 e. The molecule has 8 nitrogen and oxygen atoms in total. The predicted octanol–water partition coefficient (Wildman–Crippen LogP) is 2.65. The zero-order valence-electron chi connectivity index (χ0n) is 16.3. The van der Waals surface area contributed by atoms with E-state index >= 15 is 0 Å². The van der Waals surface area contributed by atoms with Crippen LogP contribution in [0.5, 0.6) is 0 Å². The molecule has 1 heterocycles. The summed E-state index contributed by atoms with van der Waals surface area (Å²) in [6, 6.07) is 13.1. The normalized spacial score (nSPS) is 11.8. The minimum absolute atomic E-state index is 0.0724. The molecule has 1 amide bonds. The third-order valence-corrected chi connectivity index (χ3v) is 6.68. The van der Waals surface area contributed by atoms with Gasteiger partial charge in [0.15, 0.2) is 5.58 Å². The van der Waals surface area contributed by atoms with Crippen molar-refractivity contribution in [1.29, 1.82) is 0 Å². The van der Waals surface area contributed by atoms with Crippen LogP contribution in [0.1, 0.15) is 20.3 Å². The van der Waals surface area contributed by atoms with Crippen LogP contribution in [0.2, 0.25) is 0 Å². The van der Waals surface area contributed by atoms with Crippen LogP contribution in [0.3, 0.4) is 0 Å². The molecule has 1 aromatic heterocycles. The highest BCUT2D eigenvalue weighted by molar-refractivity contribution is 7.89. The maximum absolute atomic E-state index is 12.5. The van der Waals surface area contributed by atoms with E-state index in [1.54, 1.807) is 50.2 Å². The van der Waals surface area contributed by atoms with Crippen molar-refractivity contribution in [3.05, 3.63) is 59.1 Å². The molecular weight excluding hydrogens is 394 g/mol. The maximum atomic E-state index is 12.5. The van der Waals surface area contributed by atoms with Crippen molar-refractivity contribution in [2.24, 2.45) is 0 Å². The Bertz CT molecular complexity index is 1160. The standard InChI is InChI=1S/C20H23N3O5S/c1-3-22(4-2)29(26,27)16-11-9-15(10-12-16)21-19(24)13-14-23-17-7-5-6-8-18(17)28-20(23)25/h5-12H,3-4,13-14H2,1-2H3,(H,21,24). The van der Waals surface area contributed by atoms with Gasteiger partial charge < -0.3 is 9.73 Å². The van der Waals surface area contributed by atoms with E-state index in [1.165, 1.54) is 21.0 Å². The first-order chi connectivity index (χ1) is 13.9. The van der Waals surface area contributed by atoms with Gasteiger partial charge in [-0.1, -0.05) is 26.0 Å². The van der Waals surface area contributed by atoms with Gasteiger partial charge in [-0.05, 0) is 36.4 Å². The molecule has 0 fully saturated rings. The van der Waals surface area contributed by atoms with Crippen LogP contribution in [-0.2, 0) is 21.4 Å². The second-order valence-corrected chi connectivity index (χ2v) is 8.34. The van der Waals surface area contributed by atoms with E-state index in [0.717, 1.165) is 0 Å². The second kappa shape index (κ2) is 8.62. The highest BCUT2D eigenvalue weighted by atomic mass is 32.2. The summed E-state index contributed by atoms with van der Waals surface area (Å²) >= 11 is 0. The summed E-state index contributed by atoms with van der Waals surface area (Å²) in [7, 11) is -3.54. The summed E-state index contributed by atoms with van der Waals surface area (Å²) in [6.07, 6.45) is 0.0724. The van der Waals surface area contributed by atoms with E-state index in [4.69, 9.17) is 4.42 Å². The van der Waals surface area contributed by atoms with Crippen molar-refractivity contribution in [3.8, 4) is 0 Å². The van der Waals surface area contributed by atoms with E-state index in [2.05, 4.69) is 5.32 Å². The maximum Gasteiger partial charge on any atom is 0.419 e. The zero-order valence-corrected chi connectivity index (χ0v) is 17.1. The fraction of sp³-hybridized carbons (Fsp3) is 0.300. The van der Waals surface area contributed by atoms with E-state index in [9.17, 15) is 18.0 Å². The molecule has 0 atom stereocenters. The summed E-state index contributed by atoms with van der Waals surface area (Å²) in [4.78, 5) is 24.4. The monoisotopic (exact) mass is 417 g/mol. The lowest BCUT2D eigenvalue weighted by molar-refractivity contribution is -0.116. The van der Waals surface area contributed by atoms with Crippen molar-refractivity contribution < 1.29 is 17.6 Å². The first-order valence-electron chi connectivity index (χ1n) is 9.35. The topological polar surface area (TPSA) is 102 Å². The molecule has 0 unspecified atom stereocenters. The number of oxazole rings is 1. The third kappa shape index (κ3) is 4.41. The Kier molecular flexibility index (Phi) is 6.19. The molecule has 0 aliphatic rings. The van der Waals surface area contributed by atoms with Crippen LogP contribution in [-0.4, -0.2) is 36.3 Å². The summed E-state index contributed by atoms with van der Waals surface area (Å²) in [6.45, 7) is 4.52. The van der Waals surface area contributed by atoms with Gasteiger partial charge in [0.1, 0.15) is 0 Å². The Balaban J connectivity index is 1.65. The van der Waals surface area contributed by atoms with Crippen LogP contribution in [0, 0.1) is 0 Å². The zero-order chi connectivity index (χ0) is 21.0. The first kappa shape index (κ1) is 20.8. The van der Waals surface area contributed by atoms with Crippen LogP contribution >= 0.6 is 0 Å². The predicted molar refractivity (Wildman–Crippen MR) is 110 cm³/mol. The molecule has 9 heteroatoms. The molecule has 0 bridgehead atoms. The molecule has 1 N–H and O–H groups in total. The third-order valence-electron chi connectivity index (χ3n) is 4.62. The number of carbonyl (C=O) groups excluding carboxylic acids is 1. The fourth-order valence-corrected chi connectivity index (χ4v) is 4.54. The molecule has 3 aromatic rings. The lowest BCUT2D eigenvalue weighted by Gasteiger charge is -2.18. The van der Waals surface area contributed by atoms with Crippen LogP contribution < -0.4 is 11.1 Å². The molecule has 154 valence electrons. The number of aryl methyl sites for hydroxylation is 1. The van der Waals surface area contributed by atoms with E-state index < -0.39 is 15.8 Å². The molecule has 29 heavy (non-hydrogen) atoms. The molecule has 0 aliphatic heterocycles. The molecule has 2 aromatic carbocycles. The molecule has 0 spiro atoms. The number of hydrogen-bond donors (Lipinski definition) is 1. The number of fused-ring (bicyclic) bond motifs is 1. The number of para-hydroxylation sites is 2. The quantitative estimate of drug-likeness (QED) is 0.607. The van der Waals surface area contributed by atoms with E-state index in [0.29, 0.717) is 29.9 Å². The second-order valence-electron chi connectivity index (χ2n) is 6.40. The summed E-state index contributed by atoms with van der Waals surface area (Å²) in [5, 5.41) is 2.71. The van der Waals surface area contributed by atoms with Crippen LogP contribution in [0.15, 0.2) is 62.6 Å². The molecule has 0 saturated carbocycles. The van der Waals surface area contributed by atoms with Crippen molar-refractivity contribution >= 4 is 32.7 Å². The van der Waals surface area contributed by atoms with Crippen molar-refractivity contribution in [2.75, 3.05) is 18.4 Å². The average molecular weight is 417 g/mol. The molecule has 0 radical (unpaired) electrons. The van der Waals surface area contributed by atoms with Crippen molar-refractivity contribution in [2.45, 2.75) is 31.7 Å². The minimum Gasteiger partial charge on any atom is -0.408 e. The highest BCUT2D eigenvalue weighted by Crippen LogP contribution is 2.18. The number of amides is 1. The molecule has 0 saturated heterocycles. The minimum atomic E-state index is -3.54. The number of benzene rings is 2. The number of anilines is 1. The number of carbonyl (C=O) groups is 1. The fourth-order valence-electron chi connectivity index (χ4n) is 3.09. The number of sulfonamides is 1. The number of nitrogens with zero attached hydrogens (tertiary/aromatic N) is 2. The lowest BCUT2D eigenvalue weighted by Crippen LogP contribution is -2.30. The van der Waals surface area contributed by atoms with Crippen LogP contribution in [0.25, 0.3) is 11.1 Å². The summed E-state index contributed by atoms with van der Waals surface area (Å²) in [5.74, 6) is -0.800. The van der Waals surface area contributed by atoms with Gasteiger partial charge in [0.2, 0.25) is 15.9 Å². The summed E-state index contributed by atoms with van der Waals surface area (Å²) in [5.41, 5.74) is 1.59. The number of hydrogen-bond acceptors (Lipinski definition) is 5. The van der Waals surface area contributed by atoms with Gasteiger partial charge >= 0.3 is 5.76 Å². The number of aromatic nitrogens is 1. The van der Waals surface area contributed by atoms with Gasteiger partial charge in [0.25, 0.3) is 0 Å². The average Bonchev–Trinajstić information content (AvgIpc) is 3.02. The highest BCUT2D eigenvalue weighted by Gasteiger charge is 2.21. The summed E-state index contributed by atoms with van der Waals surface area (Å²) < 4.78 is 32.9. The molecular formula is C20H23N3O5S. The Morgan fingerprint density at radius 1 is 1.07 bits per heavy atom. The van der Waals surface area contributed by atoms with E-state index in [1.807, 2.05) is 0 Å². The van der Waals surface area contributed by atoms with Gasteiger partial charge in [-0.15, -0.1) is 0 Å². The Hall–Kier alpha value is -2.91. The number of rotatable bonds is 8. The van der Waals surface area contributed by atoms with Crippen molar-refractivity contribution in [3.63, 3.8) is 0 Å². The first-order valence-corrected chi connectivity index (χ1v) is 10.8. The van der Waals surface area contributed by atoms with Crippen molar-refractivity contribution in [1.82, 2.24) is 8.87 Å². The largest absolute Gasteiger partial charge is 0.419 e. The Morgan fingerprint density at radius 3 is 2.38 bits per heavy atom. The Morgan fingerprint density at radius 2 is 1.72 bits per heavy atom. The van der Waals surface area contributed by atoms with Gasteiger partial charge in [0, 0.05) is 31.7 Å². The van der Waals surface area contributed by atoms with E-state index in [-0.39, 0.29) is 23.8 Å². The van der Waals surface area contributed by atoms with Gasteiger partial charge in [-0.25, -0.2) is 13.2 Å². The SMILES string of the molecule is CCN(CC)S(=O)(=O)c1ccc(NC(=O)CCn2c(=O)oc3ccccc32)cc1. The van der Waals surface area contributed by atoms with Gasteiger partial charge in [0.05, 0.1) is 10.4 Å². The molecule has 0 aliphatic carbocycles. The Labute approximate surface area is 168 Å². The molecule has 3 rings (SSSR count). The van der Waals surface area contributed by atoms with Crippen LogP contribution in [0.4, 0.5) is 5.69 Å².